The Labute approximate surface area is 163 Å². The van der Waals surface area contributed by atoms with Crippen LogP contribution in [0.3, 0.4) is 0 Å². The van der Waals surface area contributed by atoms with Crippen LogP contribution in [0.15, 0.2) is 77.4 Å². The summed E-state index contributed by atoms with van der Waals surface area (Å²) in [6.07, 6.45) is 2.03. The minimum atomic E-state index is 0.885. The second-order valence-electron chi connectivity index (χ2n) is 6.79. The van der Waals surface area contributed by atoms with Crippen molar-refractivity contribution >= 4 is 59.4 Å². The summed E-state index contributed by atoms with van der Waals surface area (Å²) in [5.74, 6) is 0.885. The third-order valence-corrected chi connectivity index (χ3v) is 5.76. The first-order chi connectivity index (χ1) is 13.3. The smallest absolute Gasteiger partial charge is 0.140 e. The third-order valence-electron chi connectivity index (χ3n) is 5.27. The molecule has 0 saturated carbocycles. The Bertz CT molecular complexity index is 1420. The maximum Gasteiger partial charge on any atom is 0.140 e. The van der Waals surface area contributed by atoms with E-state index in [-0.39, 0.29) is 0 Å². The molecule has 2 heterocycles. The predicted octanol–water partition coefficient (Wildman–Crippen LogP) is 6.78. The second kappa shape index (κ2) is 5.44. The molecule has 6 rings (SSSR count). The Morgan fingerprint density at radius 2 is 1.44 bits per heavy atom. The third kappa shape index (κ3) is 2.10. The molecule has 0 atom stereocenters. The molecule has 4 heteroatoms. The lowest BCUT2D eigenvalue weighted by Gasteiger charge is -2.05. The number of nitrogens with one attached hydrogen (secondary N) is 2. The van der Waals surface area contributed by atoms with Crippen molar-refractivity contribution in [1.29, 1.82) is 0 Å². The Morgan fingerprint density at radius 3 is 2.26 bits per heavy atom. The number of nitrogens with zero attached hydrogens (tertiary/aromatic N) is 1. The maximum atomic E-state index is 5.02. The van der Waals surface area contributed by atoms with Crippen LogP contribution in [-0.2, 0) is 0 Å². The average Bonchev–Trinajstić information content (AvgIpc) is 3.32. The zero-order chi connectivity index (χ0) is 18.0. The lowest BCUT2D eigenvalue weighted by Crippen LogP contribution is -1.81. The van der Waals surface area contributed by atoms with Crippen LogP contribution >= 0.6 is 15.9 Å². The van der Waals surface area contributed by atoms with Gasteiger partial charge in [0.25, 0.3) is 0 Å². The van der Waals surface area contributed by atoms with Gasteiger partial charge in [-0.1, -0.05) is 64.5 Å². The fourth-order valence-corrected chi connectivity index (χ4v) is 4.40. The van der Waals surface area contributed by atoms with Gasteiger partial charge in [0.2, 0.25) is 0 Å². The van der Waals surface area contributed by atoms with Crippen LogP contribution in [0.4, 0.5) is 0 Å². The summed E-state index contributed by atoms with van der Waals surface area (Å²) in [5.41, 5.74) is 4.28. The largest absolute Gasteiger partial charge is 0.360 e. The first-order valence-corrected chi connectivity index (χ1v) is 9.65. The summed E-state index contributed by atoms with van der Waals surface area (Å²) >= 11 is 3.58. The molecule has 3 nitrogen and oxygen atoms in total. The number of imidazole rings is 1. The van der Waals surface area contributed by atoms with Crippen molar-refractivity contribution in [2.24, 2.45) is 0 Å². The van der Waals surface area contributed by atoms with E-state index >= 15 is 0 Å². The molecule has 2 aromatic heterocycles. The lowest BCUT2D eigenvalue weighted by molar-refractivity contribution is 1.34. The molecule has 0 fully saturated rings. The first-order valence-electron chi connectivity index (χ1n) is 8.86. The van der Waals surface area contributed by atoms with Crippen LogP contribution in [0, 0.1) is 0 Å². The summed E-state index contributed by atoms with van der Waals surface area (Å²) in [5, 5.41) is 6.01. The van der Waals surface area contributed by atoms with Gasteiger partial charge in [-0.15, -0.1) is 0 Å². The number of hydrogen-bond acceptors (Lipinski definition) is 1. The normalized spacial score (nSPS) is 11.9. The highest BCUT2D eigenvalue weighted by molar-refractivity contribution is 9.10. The summed E-state index contributed by atoms with van der Waals surface area (Å²) in [4.78, 5) is 12.0. The zero-order valence-electron chi connectivity index (χ0n) is 14.3. The molecular weight excluding hydrogens is 398 g/mol. The molecule has 6 aromatic rings. The minimum Gasteiger partial charge on any atom is -0.360 e. The van der Waals surface area contributed by atoms with Gasteiger partial charge in [-0.25, -0.2) is 4.98 Å². The van der Waals surface area contributed by atoms with Gasteiger partial charge in [-0.2, -0.15) is 0 Å². The number of hydrogen-bond donors (Lipinski definition) is 2. The minimum absolute atomic E-state index is 0.885. The monoisotopic (exact) mass is 411 g/mol. The van der Waals surface area contributed by atoms with E-state index in [9.17, 15) is 0 Å². The van der Waals surface area contributed by atoms with Crippen LogP contribution in [0.1, 0.15) is 0 Å². The Hall–Kier alpha value is -3.11. The Balaban J connectivity index is 1.76. The van der Waals surface area contributed by atoms with Crippen molar-refractivity contribution in [3.8, 4) is 11.4 Å². The van der Waals surface area contributed by atoms with E-state index in [0.29, 0.717) is 0 Å². The highest BCUT2D eigenvalue weighted by Crippen LogP contribution is 2.36. The lowest BCUT2D eigenvalue weighted by atomic mass is 10.0. The van der Waals surface area contributed by atoms with Crippen molar-refractivity contribution in [3.63, 3.8) is 0 Å². The molecule has 27 heavy (non-hydrogen) atoms. The molecule has 2 N–H and O–H groups in total. The van der Waals surface area contributed by atoms with E-state index in [1.165, 1.54) is 21.5 Å². The fourth-order valence-electron chi connectivity index (χ4n) is 4.04. The molecule has 0 saturated heterocycles. The maximum absolute atomic E-state index is 5.02. The topological polar surface area (TPSA) is 44.5 Å². The van der Waals surface area contributed by atoms with Gasteiger partial charge in [0, 0.05) is 37.9 Å². The first kappa shape index (κ1) is 15.0. The molecule has 0 amide bonds. The van der Waals surface area contributed by atoms with E-state index in [1.54, 1.807) is 0 Å². The SMILES string of the molecule is Brc1ccc2[nH]cc(-c3nc4c5ccccc5c5ccccc5c4[nH]3)c2c1. The summed E-state index contributed by atoms with van der Waals surface area (Å²) in [6, 6.07) is 23.3. The van der Waals surface area contributed by atoms with E-state index in [1.807, 2.05) is 12.3 Å². The predicted molar refractivity (Wildman–Crippen MR) is 116 cm³/mol. The zero-order valence-corrected chi connectivity index (χ0v) is 15.8. The Kier molecular flexibility index (Phi) is 3.02. The molecule has 0 spiro atoms. The van der Waals surface area contributed by atoms with E-state index in [2.05, 4.69) is 86.6 Å². The van der Waals surface area contributed by atoms with Gasteiger partial charge in [0.1, 0.15) is 5.82 Å². The summed E-state index contributed by atoms with van der Waals surface area (Å²) < 4.78 is 1.06. The Morgan fingerprint density at radius 1 is 0.741 bits per heavy atom. The van der Waals surface area contributed by atoms with E-state index in [4.69, 9.17) is 4.98 Å². The van der Waals surface area contributed by atoms with E-state index in [0.717, 1.165) is 37.8 Å². The molecule has 0 aliphatic rings. The number of aromatic amines is 2. The van der Waals surface area contributed by atoms with Crippen LogP contribution in [0.5, 0.6) is 0 Å². The molecule has 4 aromatic carbocycles. The number of benzene rings is 4. The van der Waals surface area contributed by atoms with Crippen molar-refractivity contribution in [1.82, 2.24) is 15.0 Å². The fraction of sp³-hybridized carbons (Fsp3) is 0. The van der Waals surface area contributed by atoms with Crippen molar-refractivity contribution in [3.05, 3.63) is 77.4 Å². The average molecular weight is 412 g/mol. The molecular formula is C23H14BrN3. The van der Waals surface area contributed by atoms with Gasteiger partial charge >= 0.3 is 0 Å². The quantitative estimate of drug-likeness (QED) is 0.287. The number of rotatable bonds is 1. The van der Waals surface area contributed by atoms with Crippen LogP contribution < -0.4 is 0 Å². The standard InChI is InChI=1S/C23H14BrN3/c24-13-9-10-20-18(11-13)19(12-25-20)23-26-21-16-7-3-1-5-14(16)15-6-2-4-8-17(15)22(21)27-23/h1-12,25H,(H,26,27). The summed E-state index contributed by atoms with van der Waals surface area (Å²) in [7, 11) is 0. The van der Waals surface area contributed by atoms with Crippen LogP contribution in [0.25, 0.3) is 54.9 Å². The molecule has 0 unspecified atom stereocenters. The van der Waals surface area contributed by atoms with Crippen molar-refractivity contribution in [2.75, 3.05) is 0 Å². The molecule has 0 bridgehead atoms. The van der Waals surface area contributed by atoms with Crippen molar-refractivity contribution < 1.29 is 0 Å². The number of H-pyrrole nitrogens is 2. The molecule has 0 radical (unpaired) electrons. The van der Waals surface area contributed by atoms with Crippen molar-refractivity contribution in [2.45, 2.75) is 0 Å². The number of aromatic nitrogens is 3. The van der Waals surface area contributed by atoms with Crippen LogP contribution in [0.2, 0.25) is 0 Å². The second-order valence-corrected chi connectivity index (χ2v) is 7.71. The van der Waals surface area contributed by atoms with Gasteiger partial charge in [0.05, 0.1) is 11.0 Å². The van der Waals surface area contributed by atoms with Crippen LogP contribution in [-0.4, -0.2) is 15.0 Å². The van der Waals surface area contributed by atoms with Gasteiger partial charge in [-0.05, 0) is 29.0 Å². The highest BCUT2D eigenvalue weighted by Gasteiger charge is 2.15. The van der Waals surface area contributed by atoms with Gasteiger partial charge < -0.3 is 9.97 Å². The highest BCUT2D eigenvalue weighted by atomic mass is 79.9. The van der Waals surface area contributed by atoms with Gasteiger partial charge in [-0.3, -0.25) is 0 Å². The number of halogens is 1. The molecule has 0 aliphatic heterocycles. The van der Waals surface area contributed by atoms with Gasteiger partial charge in [0.15, 0.2) is 0 Å². The summed E-state index contributed by atoms with van der Waals surface area (Å²) in [6.45, 7) is 0. The number of fused-ring (bicyclic) bond motifs is 7. The molecule has 128 valence electrons. The van der Waals surface area contributed by atoms with E-state index < -0.39 is 0 Å². The molecule has 0 aliphatic carbocycles.